The Bertz CT molecular complexity index is 339. The topological polar surface area (TPSA) is 55.1 Å². The fraction of sp³-hybridized carbons (Fsp3) is 0.300. The van der Waals surface area contributed by atoms with Crippen LogP contribution in [0.25, 0.3) is 0 Å². The molecule has 0 bridgehead atoms. The van der Waals surface area contributed by atoms with Gasteiger partial charge in [0.05, 0.1) is 0 Å². The van der Waals surface area contributed by atoms with Gasteiger partial charge in [-0.15, -0.1) is 0 Å². The summed E-state index contributed by atoms with van der Waals surface area (Å²) >= 11 is 3.40. The van der Waals surface area contributed by atoms with E-state index in [-0.39, 0.29) is 5.91 Å². The van der Waals surface area contributed by atoms with Crippen molar-refractivity contribution in [3.63, 3.8) is 0 Å². The highest BCUT2D eigenvalue weighted by molar-refractivity contribution is 9.10. The summed E-state index contributed by atoms with van der Waals surface area (Å²) in [5, 5.41) is 2.76. The standard InChI is InChI=1S/C10H13BrN2O/c1-7-2-3-8(6-9(7)11)13-10(14)4-5-12/h2-3,6H,4-5,12H2,1H3,(H,13,14). The van der Waals surface area contributed by atoms with Crippen molar-refractivity contribution in [3.05, 3.63) is 28.2 Å². The molecule has 1 aromatic carbocycles. The molecule has 0 saturated heterocycles. The van der Waals surface area contributed by atoms with Crippen LogP contribution in [0, 0.1) is 6.92 Å². The van der Waals surface area contributed by atoms with Crippen LogP contribution < -0.4 is 11.1 Å². The molecule has 0 aliphatic carbocycles. The zero-order valence-corrected chi connectivity index (χ0v) is 9.60. The molecule has 0 saturated carbocycles. The Hall–Kier alpha value is -0.870. The molecule has 4 heteroatoms. The van der Waals surface area contributed by atoms with Crippen LogP contribution >= 0.6 is 15.9 Å². The number of halogens is 1. The third-order valence-corrected chi connectivity index (χ3v) is 2.68. The first kappa shape index (κ1) is 11.2. The quantitative estimate of drug-likeness (QED) is 0.870. The Balaban J connectivity index is 2.68. The van der Waals surface area contributed by atoms with Gasteiger partial charge < -0.3 is 11.1 Å². The summed E-state index contributed by atoms with van der Waals surface area (Å²) in [5.74, 6) is -0.0525. The number of anilines is 1. The zero-order chi connectivity index (χ0) is 10.6. The van der Waals surface area contributed by atoms with Gasteiger partial charge in [0.25, 0.3) is 0 Å². The molecule has 14 heavy (non-hydrogen) atoms. The van der Waals surface area contributed by atoms with Gasteiger partial charge in [0.1, 0.15) is 0 Å². The Morgan fingerprint density at radius 2 is 2.29 bits per heavy atom. The number of carbonyl (C=O) groups excluding carboxylic acids is 1. The number of nitrogens with one attached hydrogen (secondary N) is 1. The van der Waals surface area contributed by atoms with Gasteiger partial charge in [-0.1, -0.05) is 22.0 Å². The van der Waals surface area contributed by atoms with Crippen molar-refractivity contribution >= 4 is 27.5 Å². The molecule has 0 unspecified atom stereocenters. The van der Waals surface area contributed by atoms with Gasteiger partial charge in [0, 0.05) is 23.1 Å². The molecule has 0 aliphatic heterocycles. The fourth-order valence-corrected chi connectivity index (χ4v) is 1.40. The number of hydrogen-bond acceptors (Lipinski definition) is 2. The SMILES string of the molecule is Cc1ccc(NC(=O)CCN)cc1Br. The molecular weight excluding hydrogens is 244 g/mol. The van der Waals surface area contributed by atoms with E-state index >= 15 is 0 Å². The van der Waals surface area contributed by atoms with Crippen molar-refractivity contribution in [2.75, 3.05) is 11.9 Å². The fourth-order valence-electron chi connectivity index (χ4n) is 1.03. The molecule has 0 spiro atoms. The van der Waals surface area contributed by atoms with Crippen molar-refractivity contribution in [2.24, 2.45) is 5.73 Å². The lowest BCUT2D eigenvalue weighted by Crippen LogP contribution is -2.16. The first-order valence-corrected chi connectivity index (χ1v) is 5.19. The summed E-state index contributed by atoms with van der Waals surface area (Å²) in [4.78, 5) is 11.2. The van der Waals surface area contributed by atoms with Gasteiger partial charge in [0.2, 0.25) is 5.91 Å². The Morgan fingerprint density at radius 1 is 1.57 bits per heavy atom. The smallest absolute Gasteiger partial charge is 0.225 e. The second-order valence-corrected chi connectivity index (χ2v) is 3.91. The summed E-state index contributed by atoms with van der Waals surface area (Å²) in [6.07, 6.45) is 0.353. The Labute approximate surface area is 91.8 Å². The molecule has 0 radical (unpaired) electrons. The molecule has 0 atom stereocenters. The second kappa shape index (κ2) is 5.12. The van der Waals surface area contributed by atoms with Crippen LogP contribution in [0.3, 0.4) is 0 Å². The largest absolute Gasteiger partial charge is 0.330 e. The minimum atomic E-state index is -0.0525. The maximum Gasteiger partial charge on any atom is 0.225 e. The average Bonchev–Trinajstić information content (AvgIpc) is 2.12. The van der Waals surface area contributed by atoms with E-state index in [2.05, 4.69) is 21.2 Å². The van der Waals surface area contributed by atoms with Crippen LogP contribution in [0.2, 0.25) is 0 Å². The summed E-state index contributed by atoms with van der Waals surface area (Å²) in [6.45, 7) is 2.37. The van der Waals surface area contributed by atoms with Gasteiger partial charge in [0.15, 0.2) is 0 Å². The van der Waals surface area contributed by atoms with Crippen molar-refractivity contribution < 1.29 is 4.79 Å². The van der Waals surface area contributed by atoms with Crippen LogP contribution in [-0.4, -0.2) is 12.5 Å². The summed E-state index contributed by atoms with van der Waals surface area (Å²) in [7, 11) is 0. The number of carbonyl (C=O) groups is 1. The molecule has 0 heterocycles. The van der Waals surface area contributed by atoms with Crippen LogP contribution in [0.5, 0.6) is 0 Å². The highest BCUT2D eigenvalue weighted by Gasteiger charge is 2.01. The van der Waals surface area contributed by atoms with E-state index in [4.69, 9.17) is 5.73 Å². The van der Waals surface area contributed by atoms with Gasteiger partial charge >= 0.3 is 0 Å². The second-order valence-electron chi connectivity index (χ2n) is 3.05. The molecule has 1 rings (SSSR count). The molecular formula is C10H13BrN2O. The predicted octanol–water partition coefficient (Wildman–Crippen LogP) is 2.04. The van der Waals surface area contributed by atoms with Crippen molar-refractivity contribution in [1.29, 1.82) is 0 Å². The summed E-state index contributed by atoms with van der Waals surface area (Å²) in [5.41, 5.74) is 7.20. The van der Waals surface area contributed by atoms with Gasteiger partial charge in [-0.05, 0) is 24.6 Å². The molecule has 0 fully saturated rings. The van der Waals surface area contributed by atoms with E-state index in [0.717, 1.165) is 15.7 Å². The van der Waals surface area contributed by atoms with E-state index < -0.39 is 0 Å². The van der Waals surface area contributed by atoms with Crippen LogP contribution in [0.4, 0.5) is 5.69 Å². The van der Waals surface area contributed by atoms with E-state index in [0.29, 0.717) is 13.0 Å². The number of hydrogen-bond donors (Lipinski definition) is 2. The van der Waals surface area contributed by atoms with Gasteiger partial charge in [-0.25, -0.2) is 0 Å². The highest BCUT2D eigenvalue weighted by atomic mass is 79.9. The van der Waals surface area contributed by atoms with Crippen molar-refractivity contribution in [1.82, 2.24) is 0 Å². The average molecular weight is 257 g/mol. The summed E-state index contributed by atoms with van der Waals surface area (Å²) < 4.78 is 0.989. The normalized spacial score (nSPS) is 9.93. The van der Waals surface area contributed by atoms with Crippen LogP contribution in [-0.2, 0) is 4.79 Å². The van der Waals surface area contributed by atoms with Gasteiger partial charge in [-0.2, -0.15) is 0 Å². The van der Waals surface area contributed by atoms with E-state index in [9.17, 15) is 4.79 Å². The lowest BCUT2D eigenvalue weighted by Gasteiger charge is -2.05. The summed E-state index contributed by atoms with van der Waals surface area (Å²) in [6, 6.07) is 5.69. The number of rotatable bonds is 3. The van der Waals surface area contributed by atoms with Gasteiger partial charge in [-0.3, -0.25) is 4.79 Å². The first-order chi connectivity index (χ1) is 6.63. The van der Waals surface area contributed by atoms with Crippen LogP contribution in [0.15, 0.2) is 22.7 Å². The highest BCUT2D eigenvalue weighted by Crippen LogP contribution is 2.20. The molecule has 1 amide bonds. The van der Waals surface area contributed by atoms with E-state index in [1.165, 1.54) is 0 Å². The number of aryl methyl sites for hydroxylation is 1. The molecule has 0 aliphatic rings. The maximum atomic E-state index is 11.2. The lowest BCUT2D eigenvalue weighted by molar-refractivity contribution is -0.116. The monoisotopic (exact) mass is 256 g/mol. The Kier molecular flexibility index (Phi) is 4.10. The number of nitrogens with two attached hydrogens (primary N) is 1. The number of benzene rings is 1. The Morgan fingerprint density at radius 3 is 2.86 bits per heavy atom. The van der Waals surface area contributed by atoms with E-state index in [1.54, 1.807) is 0 Å². The van der Waals surface area contributed by atoms with Crippen LogP contribution in [0.1, 0.15) is 12.0 Å². The lowest BCUT2D eigenvalue weighted by atomic mass is 10.2. The molecule has 3 nitrogen and oxygen atoms in total. The third-order valence-electron chi connectivity index (χ3n) is 1.83. The predicted molar refractivity (Wildman–Crippen MR) is 61.2 cm³/mol. The number of amides is 1. The minimum absolute atomic E-state index is 0.0525. The zero-order valence-electron chi connectivity index (χ0n) is 8.01. The van der Waals surface area contributed by atoms with E-state index in [1.807, 2.05) is 25.1 Å². The molecule has 0 aromatic heterocycles. The van der Waals surface area contributed by atoms with Crippen molar-refractivity contribution in [3.8, 4) is 0 Å². The minimum Gasteiger partial charge on any atom is -0.330 e. The third kappa shape index (κ3) is 3.12. The first-order valence-electron chi connectivity index (χ1n) is 4.39. The molecule has 3 N–H and O–H groups in total. The van der Waals surface area contributed by atoms with Crippen molar-refractivity contribution in [2.45, 2.75) is 13.3 Å². The maximum absolute atomic E-state index is 11.2. The molecule has 1 aromatic rings. The molecule has 76 valence electrons.